The van der Waals surface area contributed by atoms with Crippen molar-refractivity contribution in [2.75, 3.05) is 7.11 Å². The first-order valence-electron chi connectivity index (χ1n) is 7.56. The monoisotopic (exact) mass is 321 g/mol. The lowest BCUT2D eigenvalue weighted by molar-refractivity contribution is -0.403. The molecule has 0 bridgehead atoms. The summed E-state index contributed by atoms with van der Waals surface area (Å²) >= 11 is 0. The van der Waals surface area contributed by atoms with Gasteiger partial charge in [0.1, 0.15) is 12.0 Å². The molecule has 126 valence electrons. The summed E-state index contributed by atoms with van der Waals surface area (Å²) in [6.45, 7) is 2.22. The van der Waals surface area contributed by atoms with Crippen molar-refractivity contribution < 1.29 is 19.2 Å². The molecule has 23 heavy (non-hydrogen) atoms. The molecule has 0 N–H and O–H groups in total. The quantitative estimate of drug-likeness (QED) is 0.355. The number of aldehydes is 1. The fraction of sp³-hybridized carbons (Fsp3) is 0.471. The lowest BCUT2D eigenvalue weighted by atomic mass is 10.0. The third-order valence-electron chi connectivity index (χ3n) is 3.43. The van der Waals surface area contributed by atoms with E-state index in [1.807, 2.05) is 31.2 Å². The Balaban J connectivity index is 2.53. The van der Waals surface area contributed by atoms with E-state index in [2.05, 4.69) is 0 Å². The van der Waals surface area contributed by atoms with Crippen LogP contribution in [0.1, 0.15) is 31.7 Å². The van der Waals surface area contributed by atoms with Crippen LogP contribution in [0.15, 0.2) is 36.5 Å². The van der Waals surface area contributed by atoms with Crippen LogP contribution in [0.4, 0.5) is 0 Å². The molecule has 2 atom stereocenters. The molecule has 0 radical (unpaired) electrons. The lowest BCUT2D eigenvalue weighted by Gasteiger charge is -2.14. The topological polar surface area (TPSA) is 78.7 Å². The maximum Gasteiger partial charge on any atom is 0.233 e. The average molecular weight is 321 g/mol. The van der Waals surface area contributed by atoms with Crippen molar-refractivity contribution in [3.05, 3.63) is 52.2 Å². The number of nitro groups is 1. The van der Waals surface area contributed by atoms with Crippen LogP contribution in [-0.2, 0) is 16.1 Å². The number of carbonyl (C=O) groups excluding carboxylic acids is 1. The average Bonchev–Trinajstić information content (AvgIpc) is 2.56. The Hall–Kier alpha value is -2.21. The highest BCUT2D eigenvalue weighted by Crippen LogP contribution is 2.15. The van der Waals surface area contributed by atoms with E-state index < -0.39 is 4.92 Å². The van der Waals surface area contributed by atoms with Crippen LogP contribution in [0.2, 0.25) is 0 Å². The number of ether oxygens (including phenoxy) is 2. The maximum atomic E-state index is 10.6. The maximum absolute atomic E-state index is 10.6. The molecule has 0 aliphatic rings. The van der Waals surface area contributed by atoms with E-state index in [9.17, 15) is 14.9 Å². The Kier molecular flexibility index (Phi) is 8.60. The summed E-state index contributed by atoms with van der Waals surface area (Å²) in [7, 11) is 1.60. The Morgan fingerprint density at radius 2 is 1.96 bits per heavy atom. The molecule has 2 unspecified atom stereocenters. The van der Waals surface area contributed by atoms with Gasteiger partial charge in [0, 0.05) is 12.0 Å². The second-order valence-corrected chi connectivity index (χ2v) is 5.37. The Morgan fingerprint density at radius 3 is 2.52 bits per heavy atom. The van der Waals surface area contributed by atoms with Gasteiger partial charge in [-0.15, -0.1) is 0 Å². The second kappa shape index (κ2) is 10.5. The summed E-state index contributed by atoms with van der Waals surface area (Å²) in [5.74, 6) is 0.762. The second-order valence-electron chi connectivity index (χ2n) is 5.37. The van der Waals surface area contributed by atoms with E-state index >= 15 is 0 Å². The van der Waals surface area contributed by atoms with E-state index in [4.69, 9.17) is 9.47 Å². The third-order valence-corrected chi connectivity index (χ3v) is 3.43. The van der Waals surface area contributed by atoms with Gasteiger partial charge in [-0.25, -0.2) is 0 Å². The molecule has 0 aliphatic heterocycles. The van der Waals surface area contributed by atoms with E-state index in [1.54, 1.807) is 7.11 Å². The lowest BCUT2D eigenvalue weighted by Crippen LogP contribution is -2.11. The van der Waals surface area contributed by atoms with Gasteiger partial charge in [-0.2, -0.15) is 0 Å². The molecule has 0 spiro atoms. The van der Waals surface area contributed by atoms with E-state index in [0.29, 0.717) is 13.0 Å². The molecule has 0 saturated carbocycles. The van der Waals surface area contributed by atoms with Crippen LogP contribution in [-0.4, -0.2) is 24.4 Å². The van der Waals surface area contributed by atoms with Gasteiger partial charge in [0.05, 0.1) is 24.7 Å². The number of carbonyl (C=O) groups is 1. The summed E-state index contributed by atoms with van der Waals surface area (Å²) in [4.78, 5) is 20.6. The first kappa shape index (κ1) is 18.8. The number of nitrogens with zero attached hydrogens (tertiary/aromatic N) is 1. The van der Waals surface area contributed by atoms with Crippen LogP contribution < -0.4 is 4.74 Å². The van der Waals surface area contributed by atoms with E-state index in [-0.39, 0.29) is 12.0 Å². The number of rotatable bonds is 11. The summed E-state index contributed by atoms with van der Waals surface area (Å²) in [5.41, 5.74) is 0.964. The largest absolute Gasteiger partial charge is 0.497 e. The molecular formula is C17H23NO5. The highest BCUT2D eigenvalue weighted by molar-refractivity contribution is 5.52. The van der Waals surface area contributed by atoms with Crippen LogP contribution >= 0.6 is 0 Å². The number of benzene rings is 1. The summed E-state index contributed by atoms with van der Waals surface area (Å²) in [5, 5.41) is 10.5. The van der Waals surface area contributed by atoms with Crippen LogP contribution in [0.5, 0.6) is 5.75 Å². The van der Waals surface area contributed by atoms with Crippen molar-refractivity contribution in [2.45, 2.75) is 38.9 Å². The van der Waals surface area contributed by atoms with Gasteiger partial charge in [-0.3, -0.25) is 10.1 Å². The SMILES string of the molecule is COc1ccc(COC(/C=C/[N+](=O)[O-])CCCC(C)C=O)cc1. The van der Waals surface area contributed by atoms with Crippen molar-refractivity contribution in [3.63, 3.8) is 0 Å². The fourth-order valence-electron chi connectivity index (χ4n) is 2.04. The standard InChI is InChI=1S/C17H23NO5/c1-14(12-19)4-3-5-17(10-11-18(20)21)23-13-15-6-8-16(22-2)9-7-15/h6-12,14,17H,3-5,13H2,1-2H3/b11-10+. The van der Waals surface area contributed by atoms with E-state index in [1.165, 1.54) is 6.08 Å². The minimum atomic E-state index is -0.502. The normalized spacial score (nSPS) is 13.7. The molecule has 1 aromatic rings. The number of methoxy groups -OCH3 is 1. The van der Waals surface area contributed by atoms with Gasteiger partial charge in [0.15, 0.2) is 0 Å². The van der Waals surface area contributed by atoms with Crippen molar-refractivity contribution in [3.8, 4) is 5.75 Å². The number of hydrogen-bond acceptors (Lipinski definition) is 5. The van der Waals surface area contributed by atoms with Gasteiger partial charge in [-0.1, -0.05) is 19.1 Å². The van der Waals surface area contributed by atoms with Crippen LogP contribution in [0.3, 0.4) is 0 Å². The Bertz CT molecular complexity index is 512. The third kappa shape index (κ3) is 8.11. The minimum absolute atomic E-state index is 0.00302. The highest BCUT2D eigenvalue weighted by Gasteiger charge is 2.09. The molecular weight excluding hydrogens is 298 g/mol. The van der Waals surface area contributed by atoms with Crippen molar-refractivity contribution >= 4 is 6.29 Å². The van der Waals surface area contributed by atoms with Crippen molar-refractivity contribution in [1.82, 2.24) is 0 Å². The zero-order valence-electron chi connectivity index (χ0n) is 13.5. The number of hydrogen-bond donors (Lipinski definition) is 0. The minimum Gasteiger partial charge on any atom is -0.497 e. The van der Waals surface area contributed by atoms with Gasteiger partial charge < -0.3 is 14.3 Å². The zero-order chi connectivity index (χ0) is 17.1. The van der Waals surface area contributed by atoms with Crippen molar-refractivity contribution in [1.29, 1.82) is 0 Å². The summed E-state index contributed by atoms with van der Waals surface area (Å²) in [6.07, 6.45) is 5.09. The van der Waals surface area contributed by atoms with E-state index in [0.717, 1.165) is 36.6 Å². The Labute approximate surface area is 136 Å². The molecule has 0 fully saturated rings. The predicted octanol–water partition coefficient (Wildman–Crippen LogP) is 3.38. The molecule has 0 aromatic heterocycles. The summed E-state index contributed by atoms with van der Waals surface area (Å²) < 4.78 is 10.8. The van der Waals surface area contributed by atoms with Gasteiger partial charge in [-0.05, 0) is 37.0 Å². The predicted molar refractivity (Wildman–Crippen MR) is 86.8 cm³/mol. The smallest absolute Gasteiger partial charge is 0.233 e. The first-order valence-corrected chi connectivity index (χ1v) is 7.56. The Morgan fingerprint density at radius 1 is 1.26 bits per heavy atom. The van der Waals surface area contributed by atoms with Crippen LogP contribution in [0.25, 0.3) is 0 Å². The van der Waals surface area contributed by atoms with Gasteiger partial charge in [0.2, 0.25) is 6.20 Å². The molecule has 6 nitrogen and oxygen atoms in total. The van der Waals surface area contributed by atoms with Crippen molar-refractivity contribution in [2.24, 2.45) is 5.92 Å². The molecule has 0 heterocycles. The molecule has 6 heteroatoms. The highest BCUT2D eigenvalue weighted by atomic mass is 16.6. The molecule has 1 aromatic carbocycles. The molecule has 0 aliphatic carbocycles. The van der Waals surface area contributed by atoms with Gasteiger partial charge in [0.25, 0.3) is 0 Å². The zero-order valence-corrected chi connectivity index (χ0v) is 13.5. The summed E-state index contributed by atoms with van der Waals surface area (Å²) in [6, 6.07) is 7.46. The fourth-order valence-corrected chi connectivity index (χ4v) is 2.04. The molecule has 1 rings (SSSR count). The van der Waals surface area contributed by atoms with Gasteiger partial charge >= 0.3 is 0 Å². The molecule has 0 saturated heterocycles. The van der Waals surface area contributed by atoms with Crippen LogP contribution in [0, 0.1) is 16.0 Å². The molecule has 0 amide bonds. The first-order chi connectivity index (χ1) is 11.0.